The van der Waals surface area contributed by atoms with Crippen molar-refractivity contribution in [2.24, 2.45) is 0 Å². The van der Waals surface area contributed by atoms with Gasteiger partial charge in [0.1, 0.15) is 12.4 Å². The van der Waals surface area contributed by atoms with Gasteiger partial charge in [0.05, 0.1) is 4.92 Å². The van der Waals surface area contributed by atoms with Crippen LogP contribution in [0, 0.1) is 10.1 Å². The number of nitrogens with zero attached hydrogens (tertiary/aromatic N) is 2. The van der Waals surface area contributed by atoms with Gasteiger partial charge < -0.3 is 4.74 Å². The summed E-state index contributed by atoms with van der Waals surface area (Å²) >= 11 is 0. The Kier molecular flexibility index (Phi) is 3.47. The standard InChI is InChI=1S/C16H12N2O3/c19-18(20)14-8-9-15(13-7-4-10-17-16(13)14)21-11-12-5-2-1-3-6-12/h1-10H,11H2. The van der Waals surface area contributed by atoms with E-state index in [2.05, 4.69) is 4.98 Å². The molecule has 0 amide bonds. The van der Waals surface area contributed by atoms with Crippen LogP contribution in [-0.2, 0) is 6.61 Å². The molecule has 0 N–H and O–H groups in total. The maximum Gasteiger partial charge on any atom is 0.295 e. The molecule has 0 spiro atoms. The van der Waals surface area contributed by atoms with Gasteiger partial charge in [0.25, 0.3) is 5.69 Å². The average molecular weight is 280 g/mol. The van der Waals surface area contributed by atoms with E-state index in [1.54, 1.807) is 18.2 Å². The van der Waals surface area contributed by atoms with Crippen molar-refractivity contribution in [3.63, 3.8) is 0 Å². The van der Waals surface area contributed by atoms with Crippen LogP contribution >= 0.6 is 0 Å². The Balaban J connectivity index is 1.96. The maximum absolute atomic E-state index is 11.0. The molecule has 104 valence electrons. The van der Waals surface area contributed by atoms with Gasteiger partial charge in [0.15, 0.2) is 5.52 Å². The molecule has 0 unspecified atom stereocenters. The summed E-state index contributed by atoms with van der Waals surface area (Å²) in [7, 11) is 0. The second kappa shape index (κ2) is 5.58. The Labute approximate surface area is 121 Å². The van der Waals surface area contributed by atoms with E-state index in [4.69, 9.17) is 4.74 Å². The first-order valence-electron chi connectivity index (χ1n) is 6.44. The quantitative estimate of drug-likeness (QED) is 0.539. The Morgan fingerprint density at radius 3 is 2.62 bits per heavy atom. The van der Waals surface area contributed by atoms with Crippen LogP contribution < -0.4 is 4.74 Å². The number of hydrogen-bond donors (Lipinski definition) is 0. The Hall–Kier alpha value is -2.95. The number of ether oxygens (including phenoxy) is 1. The molecule has 0 fully saturated rings. The summed E-state index contributed by atoms with van der Waals surface area (Å²) < 4.78 is 5.78. The molecule has 0 saturated carbocycles. The van der Waals surface area contributed by atoms with Gasteiger partial charge in [-0.15, -0.1) is 0 Å². The predicted molar refractivity (Wildman–Crippen MR) is 79.2 cm³/mol. The van der Waals surface area contributed by atoms with Crippen molar-refractivity contribution in [1.82, 2.24) is 4.98 Å². The molecule has 0 atom stereocenters. The largest absolute Gasteiger partial charge is 0.488 e. The minimum atomic E-state index is -0.434. The second-order valence-corrected chi connectivity index (χ2v) is 4.51. The van der Waals surface area contributed by atoms with Gasteiger partial charge in [-0.05, 0) is 23.8 Å². The van der Waals surface area contributed by atoms with Crippen molar-refractivity contribution in [3.05, 3.63) is 76.5 Å². The van der Waals surface area contributed by atoms with Gasteiger partial charge in [-0.3, -0.25) is 10.1 Å². The first-order valence-corrected chi connectivity index (χ1v) is 6.44. The van der Waals surface area contributed by atoms with Crippen molar-refractivity contribution in [3.8, 4) is 5.75 Å². The molecule has 1 heterocycles. The van der Waals surface area contributed by atoms with E-state index in [-0.39, 0.29) is 5.69 Å². The Morgan fingerprint density at radius 2 is 1.86 bits per heavy atom. The highest BCUT2D eigenvalue weighted by Gasteiger charge is 2.15. The van der Waals surface area contributed by atoms with Crippen molar-refractivity contribution < 1.29 is 9.66 Å². The molecule has 3 aromatic rings. The van der Waals surface area contributed by atoms with Crippen LogP contribution in [0.1, 0.15) is 5.56 Å². The fourth-order valence-electron chi connectivity index (χ4n) is 2.14. The first kappa shape index (κ1) is 13.1. The van der Waals surface area contributed by atoms with Crippen LogP contribution in [0.25, 0.3) is 10.9 Å². The highest BCUT2D eigenvalue weighted by atomic mass is 16.6. The zero-order chi connectivity index (χ0) is 14.7. The number of nitro groups is 1. The van der Waals surface area contributed by atoms with E-state index in [0.717, 1.165) is 5.56 Å². The van der Waals surface area contributed by atoms with E-state index in [0.29, 0.717) is 23.3 Å². The van der Waals surface area contributed by atoms with Gasteiger partial charge >= 0.3 is 0 Å². The zero-order valence-corrected chi connectivity index (χ0v) is 11.1. The number of rotatable bonds is 4. The average Bonchev–Trinajstić information content (AvgIpc) is 2.53. The van der Waals surface area contributed by atoms with Crippen LogP contribution in [0.15, 0.2) is 60.8 Å². The summed E-state index contributed by atoms with van der Waals surface area (Å²) in [4.78, 5) is 14.7. The van der Waals surface area contributed by atoms with E-state index in [1.165, 1.54) is 12.3 Å². The van der Waals surface area contributed by atoms with Crippen LogP contribution in [0.5, 0.6) is 5.75 Å². The molecular formula is C16H12N2O3. The number of benzene rings is 2. The molecule has 0 radical (unpaired) electrons. The summed E-state index contributed by atoms with van der Waals surface area (Å²) in [6.45, 7) is 0.405. The lowest BCUT2D eigenvalue weighted by Crippen LogP contribution is -1.98. The van der Waals surface area contributed by atoms with Crippen LogP contribution in [-0.4, -0.2) is 9.91 Å². The fourth-order valence-corrected chi connectivity index (χ4v) is 2.14. The van der Waals surface area contributed by atoms with Crippen molar-refractivity contribution >= 4 is 16.6 Å². The number of non-ortho nitro benzene ring substituents is 1. The lowest BCUT2D eigenvalue weighted by molar-refractivity contribution is -0.383. The number of nitro benzene ring substituents is 1. The summed E-state index contributed by atoms with van der Waals surface area (Å²) in [6.07, 6.45) is 1.54. The van der Waals surface area contributed by atoms with Crippen molar-refractivity contribution in [1.29, 1.82) is 0 Å². The molecule has 0 bridgehead atoms. The number of fused-ring (bicyclic) bond motifs is 1. The second-order valence-electron chi connectivity index (χ2n) is 4.51. The molecule has 0 aliphatic rings. The molecular weight excluding hydrogens is 268 g/mol. The maximum atomic E-state index is 11.0. The molecule has 0 aliphatic carbocycles. The van der Waals surface area contributed by atoms with Crippen molar-refractivity contribution in [2.45, 2.75) is 6.61 Å². The van der Waals surface area contributed by atoms with Gasteiger partial charge in [-0.1, -0.05) is 30.3 Å². The molecule has 0 saturated heterocycles. The molecule has 3 rings (SSSR count). The van der Waals surface area contributed by atoms with Crippen LogP contribution in [0.3, 0.4) is 0 Å². The zero-order valence-electron chi connectivity index (χ0n) is 11.1. The molecule has 2 aromatic carbocycles. The molecule has 21 heavy (non-hydrogen) atoms. The van der Waals surface area contributed by atoms with Gasteiger partial charge in [-0.25, -0.2) is 4.98 Å². The third-order valence-electron chi connectivity index (χ3n) is 3.14. The predicted octanol–water partition coefficient (Wildman–Crippen LogP) is 3.72. The number of aromatic nitrogens is 1. The molecule has 1 aromatic heterocycles. The lowest BCUT2D eigenvalue weighted by Gasteiger charge is -2.09. The minimum Gasteiger partial charge on any atom is -0.488 e. The summed E-state index contributed by atoms with van der Waals surface area (Å²) in [5, 5.41) is 11.7. The normalized spacial score (nSPS) is 10.5. The third kappa shape index (κ3) is 2.67. The molecule has 5 nitrogen and oxygen atoms in total. The summed E-state index contributed by atoms with van der Waals surface area (Å²) in [5.41, 5.74) is 1.36. The lowest BCUT2D eigenvalue weighted by atomic mass is 10.1. The SMILES string of the molecule is O=[N+]([O-])c1ccc(OCc2ccccc2)c2cccnc12. The van der Waals surface area contributed by atoms with Crippen LogP contribution in [0.4, 0.5) is 5.69 Å². The number of hydrogen-bond acceptors (Lipinski definition) is 4. The molecule has 5 heteroatoms. The first-order chi connectivity index (χ1) is 10.3. The topological polar surface area (TPSA) is 65.3 Å². The van der Waals surface area contributed by atoms with Gasteiger partial charge in [0.2, 0.25) is 0 Å². The summed E-state index contributed by atoms with van der Waals surface area (Å²) in [5.74, 6) is 0.590. The summed E-state index contributed by atoms with van der Waals surface area (Å²) in [6, 6.07) is 16.3. The minimum absolute atomic E-state index is 0.0161. The van der Waals surface area contributed by atoms with Gasteiger partial charge in [-0.2, -0.15) is 0 Å². The van der Waals surface area contributed by atoms with Crippen LogP contribution in [0.2, 0.25) is 0 Å². The molecule has 0 aliphatic heterocycles. The number of pyridine rings is 1. The highest BCUT2D eigenvalue weighted by molar-refractivity contribution is 5.91. The van der Waals surface area contributed by atoms with E-state index < -0.39 is 4.92 Å². The van der Waals surface area contributed by atoms with Crippen molar-refractivity contribution in [2.75, 3.05) is 0 Å². The fraction of sp³-hybridized carbons (Fsp3) is 0.0625. The Morgan fingerprint density at radius 1 is 1.05 bits per heavy atom. The van der Waals surface area contributed by atoms with E-state index >= 15 is 0 Å². The van der Waals surface area contributed by atoms with E-state index in [1.807, 2.05) is 30.3 Å². The smallest absolute Gasteiger partial charge is 0.295 e. The monoisotopic (exact) mass is 280 g/mol. The van der Waals surface area contributed by atoms with Gasteiger partial charge in [0, 0.05) is 17.6 Å². The third-order valence-corrected chi connectivity index (χ3v) is 3.14. The van der Waals surface area contributed by atoms with E-state index in [9.17, 15) is 10.1 Å². The Bertz CT molecular complexity index is 788. The highest BCUT2D eigenvalue weighted by Crippen LogP contribution is 2.31.